The Morgan fingerprint density at radius 2 is 1.88 bits per heavy atom. The van der Waals surface area contributed by atoms with Crippen LogP contribution >= 0.6 is 0 Å². The normalized spacial score (nSPS) is 15.8. The summed E-state index contributed by atoms with van der Waals surface area (Å²) < 4.78 is 2.10. The summed E-state index contributed by atoms with van der Waals surface area (Å²) in [6.45, 7) is 11.3. The highest BCUT2D eigenvalue weighted by molar-refractivity contribution is 5.79. The second-order valence-corrected chi connectivity index (χ2v) is 8.66. The fourth-order valence-electron chi connectivity index (χ4n) is 4.38. The highest BCUT2D eigenvalue weighted by Gasteiger charge is 2.18. The second kappa shape index (κ2) is 13.9. The van der Waals surface area contributed by atoms with Crippen LogP contribution in [0.4, 0.5) is 0 Å². The number of nitrogens with zero attached hydrogens (tertiary/aromatic N) is 5. The molecule has 0 bridgehead atoms. The molecule has 2 aromatic rings. The summed E-state index contributed by atoms with van der Waals surface area (Å²) in [5.74, 6) is 2.77. The molecule has 3 rings (SSSR count). The number of likely N-dealkylation sites (tertiary alicyclic amines) is 1. The number of hydrogen-bond donors (Lipinski definition) is 2. The minimum Gasteiger partial charge on any atom is -0.357 e. The molecule has 32 heavy (non-hydrogen) atoms. The monoisotopic (exact) mass is 439 g/mol. The number of rotatable bonds is 12. The van der Waals surface area contributed by atoms with Crippen molar-refractivity contribution in [1.29, 1.82) is 0 Å². The van der Waals surface area contributed by atoms with Gasteiger partial charge in [0.15, 0.2) is 5.96 Å². The van der Waals surface area contributed by atoms with E-state index in [0.29, 0.717) is 0 Å². The van der Waals surface area contributed by atoms with Crippen molar-refractivity contribution in [3.63, 3.8) is 0 Å². The van der Waals surface area contributed by atoms with Crippen LogP contribution in [0, 0.1) is 5.92 Å². The largest absolute Gasteiger partial charge is 0.357 e. The summed E-state index contributed by atoms with van der Waals surface area (Å²) in [4.78, 5) is 7.39. The van der Waals surface area contributed by atoms with Gasteiger partial charge >= 0.3 is 0 Å². The summed E-state index contributed by atoms with van der Waals surface area (Å²) in [6, 6.07) is 10.9. The van der Waals surface area contributed by atoms with Crippen LogP contribution in [0.2, 0.25) is 0 Å². The van der Waals surface area contributed by atoms with E-state index in [9.17, 15) is 0 Å². The van der Waals surface area contributed by atoms with E-state index in [1.54, 1.807) is 6.33 Å². The molecule has 2 heterocycles. The number of benzene rings is 1. The van der Waals surface area contributed by atoms with Crippen LogP contribution in [0.1, 0.15) is 50.9 Å². The average molecular weight is 440 g/mol. The first-order valence-electron chi connectivity index (χ1n) is 12.4. The Morgan fingerprint density at radius 1 is 1.06 bits per heavy atom. The van der Waals surface area contributed by atoms with Crippen molar-refractivity contribution in [2.24, 2.45) is 10.9 Å². The van der Waals surface area contributed by atoms with E-state index < -0.39 is 0 Å². The van der Waals surface area contributed by atoms with Gasteiger partial charge in [0.2, 0.25) is 0 Å². The molecular formula is C25H41N7. The van der Waals surface area contributed by atoms with Gasteiger partial charge in [-0.15, -0.1) is 10.2 Å². The lowest BCUT2D eigenvalue weighted by Gasteiger charge is -2.32. The number of aryl methyl sites for hydroxylation is 1. The van der Waals surface area contributed by atoms with Crippen LogP contribution in [-0.4, -0.2) is 64.9 Å². The molecule has 1 saturated heterocycles. The third-order valence-electron chi connectivity index (χ3n) is 6.23. The number of nitrogens with one attached hydrogen (secondary N) is 2. The Bertz CT molecular complexity index is 779. The molecule has 1 aliphatic heterocycles. The van der Waals surface area contributed by atoms with Gasteiger partial charge in [-0.3, -0.25) is 4.99 Å². The van der Waals surface area contributed by atoms with Crippen molar-refractivity contribution in [3.05, 3.63) is 48.0 Å². The summed E-state index contributed by atoms with van der Waals surface area (Å²) >= 11 is 0. The fraction of sp³-hybridized carbons (Fsp3) is 0.640. The van der Waals surface area contributed by atoms with E-state index in [-0.39, 0.29) is 0 Å². The van der Waals surface area contributed by atoms with Crippen LogP contribution in [0.15, 0.2) is 41.7 Å². The van der Waals surface area contributed by atoms with Gasteiger partial charge in [-0.1, -0.05) is 37.3 Å². The molecular weight excluding hydrogens is 398 g/mol. The molecule has 2 N–H and O–H groups in total. The molecule has 0 saturated carbocycles. The van der Waals surface area contributed by atoms with E-state index in [1.165, 1.54) is 50.9 Å². The number of aliphatic imine (C=N–C) groups is 1. The van der Waals surface area contributed by atoms with Crippen molar-refractivity contribution < 1.29 is 0 Å². The standard InChI is InChI=1S/C25H41N7/c1-3-24-30-29-21-32(24)19-15-28-25(26-4-2)27-14-8-9-16-31-17-12-23(13-18-31)20-22-10-6-5-7-11-22/h5-7,10-11,21,23H,3-4,8-9,12-20H2,1-2H3,(H2,26,27,28). The van der Waals surface area contributed by atoms with Crippen LogP contribution in [0.5, 0.6) is 0 Å². The Labute approximate surface area is 193 Å². The minimum absolute atomic E-state index is 0.814. The maximum Gasteiger partial charge on any atom is 0.191 e. The van der Waals surface area contributed by atoms with Crippen LogP contribution < -0.4 is 10.6 Å². The van der Waals surface area contributed by atoms with Crippen molar-refractivity contribution in [1.82, 2.24) is 30.3 Å². The zero-order valence-electron chi connectivity index (χ0n) is 20.0. The zero-order valence-corrected chi connectivity index (χ0v) is 20.0. The number of guanidine groups is 1. The molecule has 0 spiro atoms. The highest BCUT2D eigenvalue weighted by atomic mass is 15.3. The van der Waals surface area contributed by atoms with E-state index in [4.69, 9.17) is 4.99 Å². The van der Waals surface area contributed by atoms with Gasteiger partial charge in [0.25, 0.3) is 0 Å². The molecule has 0 radical (unpaired) electrons. The molecule has 7 heteroatoms. The zero-order chi connectivity index (χ0) is 22.4. The minimum atomic E-state index is 0.814. The van der Waals surface area contributed by atoms with Crippen molar-refractivity contribution in [3.8, 4) is 0 Å². The lowest BCUT2D eigenvalue weighted by Crippen LogP contribution is -2.39. The smallest absolute Gasteiger partial charge is 0.191 e. The predicted molar refractivity (Wildman–Crippen MR) is 132 cm³/mol. The van der Waals surface area contributed by atoms with Gasteiger partial charge in [0, 0.05) is 32.6 Å². The van der Waals surface area contributed by atoms with E-state index in [0.717, 1.165) is 56.7 Å². The molecule has 0 aliphatic carbocycles. The molecule has 1 aromatic carbocycles. The lowest BCUT2D eigenvalue weighted by molar-refractivity contribution is 0.181. The maximum absolute atomic E-state index is 4.75. The molecule has 0 amide bonds. The maximum atomic E-state index is 4.75. The fourth-order valence-corrected chi connectivity index (χ4v) is 4.38. The van der Waals surface area contributed by atoms with Crippen molar-refractivity contribution >= 4 is 5.96 Å². The first kappa shape index (κ1) is 24.2. The quantitative estimate of drug-likeness (QED) is 0.302. The van der Waals surface area contributed by atoms with Crippen LogP contribution in [-0.2, 0) is 19.4 Å². The van der Waals surface area contributed by atoms with E-state index in [1.807, 2.05) is 0 Å². The second-order valence-electron chi connectivity index (χ2n) is 8.66. The summed E-state index contributed by atoms with van der Waals surface area (Å²) in [5, 5.41) is 14.9. The molecule has 0 atom stereocenters. The molecule has 176 valence electrons. The summed E-state index contributed by atoms with van der Waals surface area (Å²) in [5.41, 5.74) is 1.49. The predicted octanol–water partition coefficient (Wildman–Crippen LogP) is 3.13. The van der Waals surface area contributed by atoms with Crippen molar-refractivity contribution in [2.45, 2.75) is 58.9 Å². The van der Waals surface area contributed by atoms with Gasteiger partial charge in [-0.05, 0) is 70.1 Å². The molecule has 1 fully saturated rings. The van der Waals surface area contributed by atoms with Gasteiger partial charge in [0.1, 0.15) is 12.2 Å². The third-order valence-corrected chi connectivity index (χ3v) is 6.23. The summed E-state index contributed by atoms with van der Waals surface area (Å²) in [6.07, 6.45) is 8.94. The van der Waals surface area contributed by atoms with Gasteiger partial charge in [-0.2, -0.15) is 0 Å². The number of unbranched alkanes of at least 4 members (excludes halogenated alkanes) is 1. The van der Waals surface area contributed by atoms with Crippen LogP contribution in [0.3, 0.4) is 0 Å². The average Bonchev–Trinajstić information content (AvgIpc) is 3.28. The molecule has 1 aliphatic rings. The Hall–Kier alpha value is -2.41. The van der Waals surface area contributed by atoms with E-state index in [2.05, 4.69) is 74.5 Å². The Morgan fingerprint density at radius 3 is 2.62 bits per heavy atom. The Kier molecular flexibility index (Phi) is 10.5. The highest BCUT2D eigenvalue weighted by Crippen LogP contribution is 2.21. The third kappa shape index (κ3) is 8.26. The van der Waals surface area contributed by atoms with Crippen molar-refractivity contribution in [2.75, 3.05) is 39.3 Å². The first-order valence-corrected chi connectivity index (χ1v) is 12.4. The van der Waals surface area contributed by atoms with E-state index >= 15 is 0 Å². The van der Waals surface area contributed by atoms with Gasteiger partial charge in [0.05, 0.1) is 0 Å². The first-order chi connectivity index (χ1) is 15.8. The number of piperidine rings is 1. The number of aromatic nitrogens is 3. The SMILES string of the molecule is CCNC(=NCCCCN1CCC(Cc2ccccc2)CC1)NCCn1cnnc1CC. The Balaban J connectivity index is 1.28. The van der Waals surface area contributed by atoms with Gasteiger partial charge in [-0.25, -0.2) is 0 Å². The topological polar surface area (TPSA) is 70.4 Å². The molecule has 0 unspecified atom stereocenters. The van der Waals surface area contributed by atoms with Gasteiger partial charge < -0.3 is 20.1 Å². The molecule has 1 aromatic heterocycles. The van der Waals surface area contributed by atoms with Crippen LogP contribution in [0.25, 0.3) is 0 Å². The lowest BCUT2D eigenvalue weighted by atomic mass is 9.90. The number of hydrogen-bond acceptors (Lipinski definition) is 4. The summed E-state index contributed by atoms with van der Waals surface area (Å²) in [7, 11) is 0. The molecule has 7 nitrogen and oxygen atoms in total.